The van der Waals surface area contributed by atoms with E-state index in [1.165, 1.54) is 7.11 Å². The number of ether oxygens (including phenoxy) is 1. The van der Waals surface area contributed by atoms with Crippen LogP contribution in [0, 0.1) is 0 Å². The number of rotatable bonds is 11. The topological polar surface area (TPSA) is 86.1 Å². The van der Waals surface area contributed by atoms with Crippen LogP contribution in [0.3, 0.4) is 0 Å². The maximum Gasteiger partial charge on any atom is 0.328 e. The molecule has 2 aromatic heterocycles. The van der Waals surface area contributed by atoms with Crippen molar-refractivity contribution in [1.82, 2.24) is 19.9 Å². The molecule has 1 N–H and O–H groups in total. The number of benzene rings is 2. The van der Waals surface area contributed by atoms with Gasteiger partial charge in [-0.1, -0.05) is 30.3 Å². The molecular formula is C28H28N4O3S2. The number of esters is 1. The van der Waals surface area contributed by atoms with Crippen LogP contribution in [0.25, 0.3) is 22.8 Å². The van der Waals surface area contributed by atoms with Gasteiger partial charge in [0.05, 0.1) is 20.0 Å². The lowest BCUT2D eigenvalue weighted by atomic mass is 9.98. The molecule has 1 atom stereocenters. The molecule has 37 heavy (non-hydrogen) atoms. The van der Waals surface area contributed by atoms with E-state index in [0.717, 1.165) is 33.0 Å². The highest BCUT2D eigenvalue weighted by Crippen LogP contribution is 2.27. The van der Waals surface area contributed by atoms with Gasteiger partial charge in [-0.05, 0) is 59.4 Å². The van der Waals surface area contributed by atoms with Crippen LogP contribution >= 0.6 is 23.1 Å². The Balaban J connectivity index is 1.74. The molecule has 4 rings (SSSR count). The number of hydrogen-bond acceptors (Lipinski definition) is 7. The smallest absolute Gasteiger partial charge is 0.328 e. The van der Waals surface area contributed by atoms with Gasteiger partial charge >= 0.3 is 5.97 Å². The van der Waals surface area contributed by atoms with Crippen molar-refractivity contribution in [2.45, 2.75) is 19.0 Å². The number of nitrogens with one attached hydrogen (secondary N) is 1. The standard InChI is InChI=1S/C28H28N4O3S2/c1-35-28(34)25(8-12-36-2)31-26(33)23-15-20(14-22(17-23)21-6-4-3-5-7-21)16-24(27-30-10-13-37-27)18-32-11-9-29-19-32/h3-7,9-11,13-17,19,25H,8,12,18H2,1-2H3,(H,31,33)/b24-16-/t25-/m0/s1. The monoisotopic (exact) mass is 532 g/mol. The molecule has 0 aliphatic rings. The largest absolute Gasteiger partial charge is 0.467 e. The number of aromatic nitrogens is 3. The Labute approximate surface area is 224 Å². The minimum Gasteiger partial charge on any atom is -0.467 e. The van der Waals surface area contributed by atoms with Gasteiger partial charge in [-0.2, -0.15) is 11.8 Å². The molecule has 0 spiro atoms. The van der Waals surface area contributed by atoms with Gasteiger partial charge in [0.2, 0.25) is 0 Å². The lowest BCUT2D eigenvalue weighted by Gasteiger charge is -2.17. The summed E-state index contributed by atoms with van der Waals surface area (Å²) in [6, 6.07) is 14.9. The number of allylic oxidation sites excluding steroid dienone is 1. The van der Waals surface area contributed by atoms with Crippen LogP contribution in [0.5, 0.6) is 0 Å². The van der Waals surface area contributed by atoms with Gasteiger partial charge in [-0.3, -0.25) is 4.79 Å². The first kappa shape index (κ1) is 26.4. The van der Waals surface area contributed by atoms with Crippen molar-refractivity contribution in [3.63, 3.8) is 0 Å². The van der Waals surface area contributed by atoms with Gasteiger partial charge in [-0.15, -0.1) is 11.3 Å². The van der Waals surface area contributed by atoms with Crippen LogP contribution in [0.2, 0.25) is 0 Å². The molecule has 4 aromatic rings. The van der Waals surface area contributed by atoms with E-state index in [0.29, 0.717) is 18.5 Å². The molecule has 9 heteroatoms. The molecule has 0 aliphatic heterocycles. The third kappa shape index (κ3) is 7.18. The fourth-order valence-electron chi connectivity index (χ4n) is 3.87. The van der Waals surface area contributed by atoms with Gasteiger partial charge < -0.3 is 14.6 Å². The third-order valence-electron chi connectivity index (χ3n) is 5.69. The Morgan fingerprint density at radius 2 is 2.00 bits per heavy atom. The zero-order chi connectivity index (χ0) is 26.0. The van der Waals surface area contributed by atoms with E-state index in [9.17, 15) is 9.59 Å². The first-order valence-corrected chi connectivity index (χ1v) is 14.0. The molecule has 2 heterocycles. The van der Waals surface area contributed by atoms with Crippen molar-refractivity contribution in [2.24, 2.45) is 0 Å². The zero-order valence-corrected chi connectivity index (χ0v) is 22.3. The summed E-state index contributed by atoms with van der Waals surface area (Å²) in [5.74, 6) is -0.0498. The number of methoxy groups -OCH3 is 1. The number of thiazole rings is 1. The highest BCUT2D eigenvalue weighted by molar-refractivity contribution is 7.98. The van der Waals surface area contributed by atoms with Gasteiger partial charge in [0.1, 0.15) is 11.0 Å². The molecule has 0 radical (unpaired) electrons. The molecule has 0 fully saturated rings. The Bertz CT molecular complexity index is 1340. The molecule has 1 amide bonds. The zero-order valence-electron chi connectivity index (χ0n) is 20.7. The van der Waals surface area contributed by atoms with E-state index in [1.807, 2.05) is 70.9 Å². The Hall–Kier alpha value is -3.69. The minimum atomic E-state index is -0.712. The van der Waals surface area contributed by atoms with Crippen molar-refractivity contribution in [2.75, 3.05) is 19.1 Å². The summed E-state index contributed by atoms with van der Waals surface area (Å²) in [7, 11) is 1.33. The molecule has 190 valence electrons. The number of carbonyl (C=O) groups excluding carboxylic acids is 2. The predicted molar refractivity (Wildman–Crippen MR) is 150 cm³/mol. The average Bonchev–Trinajstić information content (AvgIpc) is 3.65. The van der Waals surface area contributed by atoms with Crippen molar-refractivity contribution in [3.05, 3.63) is 95.0 Å². The minimum absolute atomic E-state index is 0.325. The molecule has 7 nitrogen and oxygen atoms in total. The molecule has 0 bridgehead atoms. The number of hydrogen-bond donors (Lipinski definition) is 1. The van der Waals surface area contributed by atoms with Crippen LogP contribution in [0.4, 0.5) is 0 Å². The Morgan fingerprint density at radius 3 is 2.68 bits per heavy atom. The second-order valence-corrected chi connectivity index (χ2v) is 10.2. The first-order chi connectivity index (χ1) is 18.1. The first-order valence-electron chi connectivity index (χ1n) is 11.7. The normalized spacial score (nSPS) is 12.2. The quantitative estimate of drug-likeness (QED) is 0.265. The number of carbonyl (C=O) groups is 2. The second kappa shape index (κ2) is 13.0. The fraction of sp³-hybridized carbons (Fsp3) is 0.214. The number of thioether (sulfide) groups is 1. The molecule has 0 saturated heterocycles. The van der Waals surface area contributed by atoms with E-state index in [-0.39, 0.29) is 5.91 Å². The molecule has 0 aliphatic carbocycles. The molecule has 2 aromatic carbocycles. The molecule has 0 unspecified atom stereocenters. The summed E-state index contributed by atoms with van der Waals surface area (Å²) in [4.78, 5) is 34.3. The maximum atomic E-state index is 13.4. The third-order valence-corrected chi connectivity index (χ3v) is 7.18. The summed E-state index contributed by atoms with van der Waals surface area (Å²) in [5, 5.41) is 5.71. The van der Waals surface area contributed by atoms with Crippen LogP contribution in [-0.2, 0) is 16.1 Å². The predicted octanol–water partition coefficient (Wildman–Crippen LogP) is 5.27. The van der Waals surface area contributed by atoms with Crippen molar-refractivity contribution >= 4 is 46.6 Å². The van der Waals surface area contributed by atoms with E-state index >= 15 is 0 Å². The highest BCUT2D eigenvalue weighted by Gasteiger charge is 2.22. The Morgan fingerprint density at radius 1 is 1.16 bits per heavy atom. The van der Waals surface area contributed by atoms with E-state index in [1.54, 1.807) is 41.8 Å². The van der Waals surface area contributed by atoms with Crippen LogP contribution in [-0.4, -0.2) is 51.6 Å². The van der Waals surface area contributed by atoms with Crippen molar-refractivity contribution in [1.29, 1.82) is 0 Å². The van der Waals surface area contributed by atoms with Crippen molar-refractivity contribution < 1.29 is 14.3 Å². The summed E-state index contributed by atoms with van der Waals surface area (Å²) < 4.78 is 6.90. The van der Waals surface area contributed by atoms with Gasteiger partial charge in [-0.25, -0.2) is 14.8 Å². The van der Waals surface area contributed by atoms with Crippen molar-refractivity contribution in [3.8, 4) is 11.1 Å². The lowest BCUT2D eigenvalue weighted by molar-refractivity contribution is -0.142. The Kier molecular flexibility index (Phi) is 9.29. The van der Waals surface area contributed by atoms with Gasteiger partial charge in [0, 0.05) is 35.1 Å². The van der Waals surface area contributed by atoms with Gasteiger partial charge in [0.25, 0.3) is 5.91 Å². The summed E-state index contributed by atoms with van der Waals surface area (Å²) in [6.45, 7) is 0.587. The average molecular weight is 533 g/mol. The highest BCUT2D eigenvalue weighted by atomic mass is 32.2. The van der Waals surface area contributed by atoms with Crippen LogP contribution in [0.1, 0.15) is 27.3 Å². The second-order valence-electron chi connectivity index (χ2n) is 8.28. The van der Waals surface area contributed by atoms with E-state index in [2.05, 4.69) is 21.4 Å². The van der Waals surface area contributed by atoms with Crippen LogP contribution < -0.4 is 5.32 Å². The SMILES string of the molecule is COC(=O)[C@H](CCSC)NC(=O)c1cc(/C=C(/Cn2ccnc2)c2nccs2)cc(-c2ccccc2)c1. The van der Waals surface area contributed by atoms with E-state index < -0.39 is 12.0 Å². The lowest BCUT2D eigenvalue weighted by Crippen LogP contribution is -2.42. The fourth-order valence-corrected chi connectivity index (χ4v) is 4.99. The number of amides is 1. The van der Waals surface area contributed by atoms with Gasteiger partial charge in [0.15, 0.2) is 0 Å². The van der Waals surface area contributed by atoms with Crippen LogP contribution in [0.15, 0.2) is 78.8 Å². The summed E-state index contributed by atoms with van der Waals surface area (Å²) >= 11 is 3.17. The molecular weight excluding hydrogens is 504 g/mol. The number of imidazole rings is 1. The maximum absolute atomic E-state index is 13.4. The molecule has 0 saturated carbocycles. The van der Waals surface area contributed by atoms with E-state index in [4.69, 9.17) is 4.74 Å². The number of nitrogens with zero attached hydrogens (tertiary/aromatic N) is 3. The summed E-state index contributed by atoms with van der Waals surface area (Å²) in [6.07, 6.45) is 11.7. The summed E-state index contributed by atoms with van der Waals surface area (Å²) in [5.41, 5.74) is 4.21.